The van der Waals surface area contributed by atoms with E-state index in [2.05, 4.69) is 43.5 Å². The van der Waals surface area contributed by atoms with Crippen LogP contribution in [0.15, 0.2) is 36.5 Å². The number of aliphatic hydroxyl groups is 11. The topological polar surface area (TPSA) is 307 Å². The highest BCUT2D eigenvalue weighted by Crippen LogP contribution is 2.33. The molecule has 3 rings (SSSR count). The first kappa shape index (κ1) is 83.2. The monoisotopic (exact) mass is 1300 g/mol. The molecule has 91 heavy (non-hydrogen) atoms. The first-order chi connectivity index (χ1) is 44.3. The second kappa shape index (κ2) is 54.1. The van der Waals surface area contributed by atoms with Crippen LogP contribution < -0.4 is 5.32 Å². The van der Waals surface area contributed by atoms with Crippen molar-refractivity contribution in [2.45, 2.75) is 388 Å². The third kappa shape index (κ3) is 35.7. The first-order valence-corrected chi connectivity index (χ1v) is 36.7. The first-order valence-electron chi connectivity index (χ1n) is 36.7. The number of hydrogen-bond donors (Lipinski definition) is 12. The van der Waals surface area contributed by atoms with Gasteiger partial charge in [-0.3, -0.25) is 4.79 Å². The second-order valence-electron chi connectivity index (χ2n) is 26.4. The molecule has 3 heterocycles. The zero-order valence-corrected chi connectivity index (χ0v) is 56.6. The third-order valence-corrected chi connectivity index (χ3v) is 18.4. The van der Waals surface area contributed by atoms with Crippen LogP contribution in [0.4, 0.5) is 0 Å². The lowest BCUT2D eigenvalue weighted by atomic mass is 9.96. The van der Waals surface area contributed by atoms with Gasteiger partial charge in [0, 0.05) is 6.42 Å². The fourth-order valence-corrected chi connectivity index (χ4v) is 12.5. The molecule has 19 heteroatoms. The molecule has 17 unspecified atom stereocenters. The molecule has 17 atom stereocenters. The summed E-state index contributed by atoms with van der Waals surface area (Å²) in [6.45, 7) is 1.76. The molecule has 3 aliphatic rings. The lowest BCUT2D eigenvalue weighted by molar-refractivity contribution is -0.379. The van der Waals surface area contributed by atoms with E-state index in [0.717, 1.165) is 57.8 Å². The van der Waals surface area contributed by atoms with Gasteiger partial charge in [-0.05, 0) is 51.4 Å². The van der Waals surface area contributed by atoms with Crippen molar-refractivity contribution in [3.05, 3.63) is 36.5 Å². The SMILES string of the molecule is CCCCCCC/C=C\C/C=C\CCCCCCCCCCCCCC(=O)NC(COC1OC(CO)C(OC2OC(CO)C(OC3OC(CO)C(O)C(O)C3O)C(O)C2O)C(O)C1O)C(O)/C=C/CCCCCCCCCCCCCCCCCCCCCCC. The van der Waals surface area contributed by atoms with Crippen LogP contribution in [0.1, 0.15) is 284 Å². The number of aliphatic hydroxyl groups excluding tert-OH is 11. The minimum Gasteiger partial charge on any atom is -0.394 e. The van der Waals surface area contributed by atoms with E-state index in [0.29, 0.717) is 6.42 Å². The second-order valence-corrected chi connectivity index (χ2v) is 26.4. The lowest BCUT2D eigenvalue weighted by Gasteiger charge is -2.48. The van der Waals surface area contributed by atoms with E-state index in [1.807, 2.05) is 6.08 Å². The summed E-state index contributed by atoms with van der Waals surface area (Å²) in [4.78, 5) is 13.4. The van der Waals surface area contributed by atoms with Gasteiger partial charge in [-0.15, -0.1) is 0 Å². The van der Waals surface area contributed by atoms with Gasteiger partial charge in [0.05, 0.1) is 38.6 Å². The number of ether oxygens (including phenoxy) is 6. The van der Waals surface area contributed by atoms with E-state index < -0.39 is 124 Å². The molecular formula is C72H133NO18. The quantitative estimate of drug-likeness (QED) is 0.0199. The highest BCUT2D eigenvalue weighted by Gasteiger charge is 2.53. The van der Waals surface area contributed by atoms with Gasteiger partial charge >= 0.3 is 0 Å². The van der Waals surface area contributed by atoms with Crippen LogP contribution in [0, 0.1) is 0 Å². The van der Waals surface area contributed by atoms with E-state index in [-0.39, 0.29) is 18.9 Å². The number of hydrogen-bond acceptors (Lipinski definition) is 18. The Hall–Kier alpha value is -1.99. The van der Waals surface area contributed by atoms with Gasteiger partial charge in [0.1, 0.15) is 73.2 Å². The van der Waals surface area contributed by atoms with Crippen molar-refractivity contribution in [3.63, 3.8) is 0 Å². The molecule has 12 N–H and O–H groups in total. The summed E-state index contributed by atoms with van der Waals surface area (Å²) in [6.07, 6.45) is 36.8. The van der Waals surface area contributed by atoms with Crippen LogP contribution in [0.2, 0.25) is 0 Å². The molecule has 19 nitrogen and oxygen atoms in total. The molecule has 0 bridgehead atoms. The molecule has 3 saturated heterocycles. The Morgan fingerprint density at radius 1 is 0.396 bits per heavy atom. The summed E-state index contributed by atoms with van der Waals surface area (Å²) >= 11 is 0. The number of unbranched alkanes of at least 4 members (excludes halogenated alkanes) is 37. The van der Waals surface area contributed by atoms with Crippen molar-refractivity contribution in [1.29, 1.82) is 0 Å². The zero-order valence-electron chi connectivity index (χ0n) is 56.6. The predicted octanol–water partition coefficient (Wildman–Crippen LogP) is 10.4. The molecule has 0 aromatic carbocycles. The average molecular weight is 1300 g/mol. The summed E-state index contributed by atoms with van der Waals surface area (Å²) in [6, 6.07) is -0.975. The Morgan fingerprint density at radius 3 is 1.12 bits per heavy atom. The molecule has 0 aromatic heterocycles. The van der Waals surface area contributed by atoms with Crippen LogP contribution in [-0.4, -0.2) is 193 Å². The fourth-order valence-electron chi connectivity index (χ4n) is 12.5. The van der Waals surface area contributed by atoms with Crippen molar-refractivity contribution >= 4 is 5.91 Å². The average Bonchev–Trinajstić information content (AvgIpc) is 0.883. The Kier molecular flexibility index (Phi) is 49.5. The molecule has 3 aliphatic heterocycles. The minimum absolute atomic E-state index is 0.242. The van der Waals surface area contributed by atoms with E-state index in [9.17, 15) is 61.0 Å². The van der Waals surface area contributed by atoms with Gasteiger partial charge in [0.2, 0.25) is 5.91 Å². The maximum atomic E-state index is 13.4. The van der Waals surface area contributed by atoms with Crippen LogP contribution in [0.25, 0.3) is 0 Å². The Morgan fingerprint density at radius 2 is 0.725 bits per heavy atom. The van der Waals surface area contributed by atoms with Gasteiger partial charge in [0.15, 0.2) is 18.9 Å². The highest BCUT2D eigenvalue weighted by molar-refractivity contribution is 5.76. The number of nitrogens with one attached hydrogen (secondary N) is 1. The number of carbonyl (C=O) groups is 1. The standard InChI is InChI=1S/C72H133NO18/c1-3-5-7-9-11-13-15-17-19-21-23-25-27-29-31-33-35-37-39-41-43-45-47-49-56(77)55(73-60(78)50-48-46-44-42-40-38-36-34-32-30-28-26-24-22-20-18-16-14-12-10-8-6-4-2)54-86-70-66(84)63(81)68(58(52-75)88-70)91-72-67(85)64(82)69(59(53-76)89-72)90-71-65(83)62(80)61(79)57(51-74)87-71/h16,18,22,24,47,49,55-59,61-72,74-77,79-85H,3-15,17,19-21,23,25-46,48,50-54H2,1-2H3,(H,73,78)/b18-16-,24-22-,49-47+. The number of allylic oxidation sites excluding steroid dienone is 5. The number of carbonyl (C=O) groups excluding carboxylic acids is 1. The molecule has 3 fully saturated rings. The molecule has 0 aromatic rings. The minimum atomic E-state index is -1.98. The van der Waals surface area contributed by atoms with Crippen molar-refractivity contribution in [1.82, 2.24) is 5.32 Å². The number of amides is 1. The van der Waals surface area contributed by atoms with Gasteiger partial charge in [0.25, 0.3) is 0 Å². The molecule has 0 radical (unpaired) electrons. The lowest BCUT2D eigenvalue weighted by Crippen LogP contribution is -2.66. The smallest absolute Gasteiger partial charge is 0.220 e. The van der Waals surface area contributed by atoms with Crippen LogP contribution >= 0.6 is 0 Å². The van der Waals surface area contributed by atoms with Crippen molar-refractivity contribution in [3.8, 4) is 0 Å². The summed E-state index contributed by atoms with van der Waals surface area (Å²) < 4.78 is 34.4. The summed E-state index contributed by atoms with van der Waals surface area (Å²) in [5, 5.41) is 121. The number of rotatable bonds is 57. The van der Waals surface area contributed by atoms with Crippen molar-refractivity contribution in [2.24, 2.45) is 0 Å². The maximum Gasteiger partial charge on any atom is 0.220 e. The fraction of sp³-hybridized carbons (Fsp3) is 0.903. The zero-order chi connectivity index (χ0) is 66.1. The molecule has 1 amide bonds. The molecule has 534 valence electrons. The normalized spacial score (nSPS) is 28.0. The predicted molar refractivity (Wildman–Crippen MR) is 356 cm³/mol. The van der Waals surface area contributed by atoms with E-state index >= 15 is 0 Å². The van der Waals surface area contributed by atoms with Gasteiger partial charge in [-0.25, -0.2) is 0 Å². The largest absolute Gasteiger partial charge is 0.394 e. The van der Waals surface area contributed by atoms with Crippen LogP contribution in [0.5, 0.6) is 0 Å². The van der Waals surface area contributed by atoms with E-state index in [1.54, 1.807) is 6.08 Å². The van der Waals surface area contributed by atoms with Crippen molar-refractivity contribution in [2.75, 3.05) is 26.4 Å². The van der Waals surface area contributed by atoms with Crippen LogP contribution in [-0.2, 0) is 33.2 Å². The molecule has 0 aliphatic carbocycles. The van der Waals surface area contributed by atoms with Gasteiger partial charge in [-0.2, -0.15) is 0 Å². The van der Waals surface area contributed by atoms with Gasteiger partial charge < -0.3 is 89.9 Å². The summed E-state index contributed by atoms with van der Waals surface area (Å²) in [5.74, 6) is -0.275. The Labute approximate surface area is 549 Å². The molecule has 0 spiro atoms. The summed E-state index contributed by atoms with van der Waals surface area (Å²) in [5.41, 5.74) is 0. The molecular weight excluding hydrogens is 1170 g/mol. The van der Waals surface area contributed by atoms with Crippen LogP contribution in [0.3, 0.4) is 0 Å². The Bertz CT molecular complexity index is 1790. The highest BCUT2D eigenvalue weighted by atomic mass is 16.8. The van der Waals surface area contributed by atoms with Crippen molar-refractivity contribution < 1.29 is 89.4 Å². The third-order valence-electron chi connectivity index (χ3n) is 18.4. The summed E-state index contributed by atoms with van der Waals surface area (Å²) in [7, 11) is 0. The Balaban J connectivity index is 1.43. The van der Waals surface area contributed by atoms with Gasteiger partial charge in [-0.1, -0.05) is 262 Å². The maximum absolute atomic E-state index is 13.4. The molecule has 0 saturated carbocycles. The van der Waals surface area contributed by atoms with E-state index in [4.69, 9.17) is 28.4 Å². The van der Waals surface area contributed by atoms with E-state index in [1.165, 1.54) is 199 Å².